The monoisotopic (exact) mass is 330 g/mol. The first-order valence-electron chi connectivity index (χ1n) is 8.24. The molecule has 124 valence electrons. The smallest absolute Gasteiger partial charge is 0.132 e. The fraction of sp³-hybridized carbons (Fsp3) is 0.130. The van der Waals surface area contributed by atoms with E-state index in [4.69, 9.17) is 4.74 Å². The van der Waals surface area contributed by atoms with E-state index < -0.39 is 0 Å². The lowest BCUT2D eigenvalue weighted by Crippen LogP contribution is -1.87. The molecule has 0 radical (unpaired) electrons. The van der Waals surface area contributed by atoms with Gasteiger partial charge in [0.05, 0.1) is 7.11 Å². The van der Waals surface area contributed by atoms with E-state index in [2.05, 4.69) is 18.8 Å². The molecule has 25 heavy (non-hydrogen) atoms. The predicted octanol–water partition coefficient (Wildman–Crippen LogP) is 5.46. The van der Waals surface area contributed by atoms with E-state index in [9.17, 15) is 4.39 Å². The van der Waals surface area contributed by atoms with Crippen molar-refractivity contribution in [2.75, 3.05) is 7.11 Å². The Morgan fingerprint density at radius 1 is 0.840 bits per heavy atom. The Labute approximate surface area is 148 Å². The van der Waals surface area contributed by atoms with Crippen molar-refractivity contribution < 1.29 is 9.13 Å². The van der Waals surface area contributed by atoms with Crippen molar-refractivity contribution in [1.29, 1.82) is 0 Å². The van der Waals surface area contributed by atoms with Crippen LogP contribution in [-0.4, -0.2) is 7.11 Å². The van der Waals surface area contributed by atoms with Crippen LogP contribution in [-0.2, 0) is 6.42 Å². The number of benzene rings is 3. The predicted molar refractivity (Wildman–Crippen MR) is 100 cm³/mol. The molecular formula is C23H19FO. The maximum absolute atomic E-state index is 14.5. The summed E-state index contributed by atoms with van der Waals surface area (Å²) in [6.45, 7) is 2.10. The summed E-state index contributed by atoms with van der Waals surface area (Å²) in [5.41, 5.74) is 4.23. The van der Waals surface area contributed by atoms with Crippen LogP contribution in [0.3, 0.4) is 0 Å². The molecule has 0 spiro atoms. The van der Waals surface area contributed by atoms with Crippen molar-refractivity contribution in [3.8, 4) is 28.7 Å². The largest absolute Gasteiger partial charge is 0.497 e. The Morgan fingerprint density at radius 2 is 1.48 bits per heavy atom. The van der Waals surface area contributed by atoms with Gasteiger partial charge in [0, 0.05) is 16.7 Å². The van der Waals surface area contributed by atoms with Crippen LogP contribution in [0.5, 0.6) is 5.75 Å². The van der Waals surface area contributed by atoms with Gasteiger partial charge in [-0.05, 0) is 53.9 Å². The van der Waals surface area contributed by atoms with Gasteiger partial charge < -0.3 is 4.74 Å². The van der Waals surface area contributed by atoms with Crippen LogP contribution in [0.25, 0.3) is 11.1 Å². The van der Waals surface area contributed by atoms with Gasteiger partial charge in [-0.15, -0.1) is 0 Å². The lowest BCUT2D eigenvalue weighted by atomic mass is 10.0. The summed E-state index contributed by atoms with van der Waals surface area (Å²) in [5, 5.41) is 0. The van der Waals surface area contributed by atoms with E-state index in [1.54, 1.807) is 13.2 Å². The molecule has 3 rings (SSSR count). The van der Waals surface area contributed by atoms with E-state index in [1.807, 2.05) is 54.6 Å². The molecule has 3 aromatic carbocycles. The summed E-state index contributed by atoms with van der Waals surface area (Å²) in [5.74, 6) is 6.58. The molecule has 0 atom stereocenters. The lowest BCUT2D eigenvalue weighted by Gasteiger charge is -2.05. The zero-order chi connectivity index (χ0) is 17.6. The molecule has 1 nitrogen and oxygen atoms in total. The summed E-state index contributed by atoms with van der Waals surface area (Å²) in [6.07, 6.45) is 0.975. The fourth-order valence-corrected chi connectivity index (χ4v) is 2.57. The Balaban J connectivity index is 1.83. The molecule has 0 saturated carbocycles. The topological polar surface area (TPSA) is 9.23 Å². The Kier molecular flexibility index (Phi) is 5.16. The molecule has 0 fully saturated rings. The highest BCUT2D eigenvalue weighted by Crippen LogP contribution is 2.24. The number of hydrogen-bond acceptors (Lipinski definition) is 1. The van der Waals surface area contributed by atoms with Gasteiger partial charge in [-0.2, -0.15) is 0 Å². The van der Waals surface area contributed by atoms with E-state index in [0.29, 0.717) is 11.1 Å². The van der Waals surface area contributed by atoms with Crippen molar-refractivity contribution in [3.05, 3.63) is 89.2 Å². The van der Waals surface area contributed by atoms with Crippen molar-refractivity contribution in [2.45, 2.75) is 13.3 Å². The summed E-state index contributed by atoms with van der Waals surface area (Å²) in [7, 11) is 1.63. The number of halogens is 1. The SMILES string of the molecule is CCc1ccc(-c2ccc(C#Cc3ccc(OC)cc3)cc2F)cc1. The van der Waals surface area contributed by atoms with Gasteiger partial charge >= 0.3 is 0 Å². The maximum atomic E-state index is 14.5. The van der Waals surface area contributed by atoms with E-state index >= 15 is 0 Å². The van der Waals surface area contributed by atoms with Gasteiger partial charge in [0.25, 0.3) is 0 Å². The van der Waals surface area contributed by atoms with Crippen LogP contribution in [0.4, 0.5) is 4.39 Å². The van der Waals surface area contributed by atoms with Crippen LogP contribution in [0.2, 0.25) is 0 Å². The van der Waals surface area contributed by atoms with Gasteiger partial charge in [0.2, 0.25) is 0 Å². The van der Waals surface area contributed by atoms with Gasteiger partial charge in [-0.3, -0.25) is 0 Å². The van der Waals surface area contributed by atoms with Crippen LogP contribution < -0.4 is 4.74 Å². The van der Waals surface area contributed by atoms with Crippen LogP contribution in [0.1, 0.15) is 23.6 Å². The number of ether oxygens (including phenoxy) is 1. The molecular weight excluding hydrogens is 311 g/mol. The molecule has 0 saturated heterocycles. The molecule has 0 bridgehead atoms. The number of hydrogen-bond donors (Lipinski definition) is 0. The fourth-order valence-electron chi connectivity index (χ4n) is 2.57. The second-order valence-electron chi connectivity index (χ2n) is 5.72. The van der Waals surface area contributed by atoms with Gasteiger partial charge in [-0.1, -0.05) is 49.1 Å². The Bertz CT molecular complexity index is 913. The normalized spacial score (nSPS) is 10.0. The second kappa shape index (κ2) is 7.68. The first kappa shape index (κ1) is 16.8. The highest BCUT2D eigenvalue weighted by molar-refractivity contribution is 5.65. The minimum Gasteiger partial charge on any atom is -0.497 e. The third-order valence-electron chi connectivity index (χ3n) is 4.08. The highest BCUT2D eigenvalue weighted by atomic mass is 19.1. The van der Waals surface area contributed by atoms with Crippen LogP contribution in [0, 0.1) is 17.7 Å². The first-order chi connectivity index (χ1) is 12.2. The lowest BCUT2D eigenvalue weighted by molar-refractivity contribution is 0.415. The molecule has 0 amide bonds. The Hall–Kier alpha value is -3.05. The van der Waals surface area contributed by atoms with Crippen molar-refractivity contribution >= 4 is 0 Å². The van der Waals surface area contributed by atoms with Crippen LogP contribution >= 0.6 is 0 Å². The highest BCUT2D eigenvalue weighted by Gasteiger charge is 2.05. The molecule has 0 unspecified atom stereocenters. The summed E-state index contributed by atoms with van der Waals surface area (Å²) in [6, 6.07) is 20.6. The van der Waals surface area contributed by atoms with Crippen molar-refractivity contribution in [3.63, 3.8) is 0 Å². The number of rotatable bonds is 3. The second-order valence-corrected chi connectivity index (χ2v) is 5.72. The summed E-state index contributed by atoms with van der Waals surface area (Å²) in [4.78, 5) is 0. The van der Waals surface area contributed by atoms with E-state index in [-0.39, 0.29) is 5.82 Å². The molecule has 2 heteroatoms. The zero-order valence-electron chi connectivity index (χ0n) is 14.3. The first-order valence-corrected chi connectivity index (χ1v) is 8.24. The van der Waals surface area contributed by atoms with E-state index in [0.717, 1.165) is 23.3 Å². The number of aryl methyl sites for hydroxylation is 1. The third-order valence-corrected chi connectivity index (χ3v) is 4.08. The van der Waals surface area contributed by atoms with Gasteiger partial charge in [0.15, 0.2) is 0 Å². The minimum atomic E-state index is -0.259. The molecule has 0 heterocycles. The van der Waals surface area contributed by atoms with Gasteiger partial charge in [-0.25, -0.2) is 4.39 Å². The van der Waals surface area contributed by atoms with E-state index in [1.165, 1.54) is 11.6 Å². The quantitative estimate of drug-likeness (QED) is 0.579. The summed E-state index contributed by atoms with van der Waals surface area (Å²) >= 11 is 0. The number of methoxy groups -OCH3 is 1. The van der Waals surface area contributed by atoms with Crippen molar-refractivity contribution in [1.82, 2.24) is 0 Å². The minimum absolute atomic E-state index is 0.259. The molecule has 0 aliphatic carbocycles. The average molecular weight is 330 g/mol. The Morgan fingerprint density at radius 3 is 2.08 bits per heavy atom. The molecule has 0 aliphatic rings. The summed E-state index contributed by atoms with van der Waals surface area (Å²) < 4.78 is 19.6. The standard InChI is InChI=1S/C23H19FO/c1-3-17-6-11-20(12-7-17)22-15-10-19(16-23(22)24)5-4-18-8-13-21(25-2)14-9-18/h6-16H,3H2,1-2H3. The van der Waals surface area contributed by atoms with Crippen LogP contribution in [0.15, 0.2) is 66.7 Å². The van der Waals surface area contributed by atoms with Gasteiger partial charge in [0.1, 0.15) is 11.6 Å². The van der Waals surface area contributed by atoms with Crippen molar-refractivity contribution in [2.24, 2.45) is 0 Å². The molecule has 0 aliphatic heterocycles. The molecule has 0 N–H and O–H groups in total. The maximum Gasteiger partial charge on any atom is 0.132 e. The average Bonchev–Trinajstić information content (AvgIpc) is 2.67. The zero-order valence-corrected chi connectivity index (χ0v) is 14.3. The molecule has 3 aromatic rings. The molecule has 0 aromatic heterocycles. The third kappa shape index (κ3) is 4.08.